The molecule has 0 saturated carbocycles. The van der Waals surface area contributed by atoms with E-state index in [1.807, 2.05) is 43.0 Å². The molecule has 5 heteroatoms. The molecule has 3 saturated heterocycles. The topological polar surface area (TPSA) is 43.8 Å². The molecule has 3 fully saturated rings. The van der Waals surface area contributed by atoms with Gasteiger partial charge in [-0.05, 0) is 74.0 Å². The summed E-state index contributed by atoms with van der Waals surface area (Å²) in [5.74, 6) is 1.03. The van der Waals surface area contributed by atoms with Crippen molar-refractivity contribution in [3.63, 3.8) is 0 Å². The number of carbonyl (C=O) groups excluding carboxylic acids is 1. The van der Waals surface area contributed by atoms with E-state index in [-0.39, 0.29) is 17.5 Å². The smallest absolute Gasteiger partial charge is 0.243 e. The Morgan fingerprint density at radius 2 is 1.97 bits per heavy atom. The summed E-state index contributed by atoms with van der Waals surface area (Å²) in [5.41, 5.74) is 3.82. The summed E-state index contributed by atoms with van der Waals surface area (Å²) >= 11 is 6.14. The van der Waals surface area contributed by atoms with Crippen molar-refractivity contribution in [2.45, 2.75) is 51.2 Å². The van der Waals surface area contributed by atoms with Crippen LogP contribution in [0.1, 0.15) is 47.6 Å². The normalized spacial score (nSPS) is 28.8. The second kappa shape index (κ2) is 6.75. The van der Waals surface area contributed by atoms with Crippen LogP contribution >= 0.6 is 11.6 Å². The molecule has 1 N–H and O–H groups in total. The number of aromatic hydroxyl groups is 1. The van der Waals surface area contributed by atoms with Gasteiger partial charge in [0.2, 0.25) is 5.91 Å². The van der Waals surface area contributed by atoms with Crippen molar-refractivity contribution in [2.24, 2.45) is 5.92 Å². The van der Waals surface area contributed by atoms with Crippen LogP contribution in [0.5, 0.6) is 5.75 Å². The number of carbonyl (C=O) groups is 1. The van der Waals surface area contributed by atoms with Crippen molar-refractivity contribution in [1.82, 2.24) is 9.80 Å². The molecule has 3 heterocycles. The number of amides is 1. The van der Waals surface area contributed by atoms with Gasteiger partial charge in [-0.2, -0.15) is 0 Å². The van der Waals surface area contributed by atoms with Crippen LogP contribution in [0.4, 0.5) is 0 Å². The lowest BCUT2D eigenvalue weighted by atomic mass is 9.85. The Morgan fingerprint density at radius 3 is 2.69 bits per heavy atom. The fraction of sp³-hybridized carbons (Fsp3) is 0.458. The first-order chi connectivity index (χ1) is 13.9. The fourth-order valence-corrected chi connectivity index (χ4v) is 6.28. The zero-order valence-corrected chi connectivity index (χ0v) is 17.7. The molecule has 152 valence electrons. The fourth-order valence-electron chi connectivity index (χ4n) is 6.07. The Kier molecular flexibility index (Phi) is 4.41. The van der Waals surface area contributed by atoms with E-state index >= 15 is 0 Å². The predicted octanol–water partition coefficient (Wildman–Crippen LogP) is 4.60. The van der Waals surface area contributed by atoms with E-state index in [0.29, 0.717) is 23.2 Å². The molecular weight excluding hydrogens is 384 g/mol. The van der Waals surface area contributed by atoms with Crippen molar-refractivity contribution < 1.29 is 9.90 Å². The van der Waals surface area contributed by atoms with E-state index in [2.05, 4.69) is 17.0 Å². The van der Waals surface area contributed by atoms with Crippen LogP contribution in [-0.2, 0) is 11.3 Å². The number of benzene rings is 2. The van der Waals surface area contributed by atoms with Crippen LogP contribution < -0.4 is 0 Å². The number of likely N-dealkylation sites (tertiary alicyclic amines) is 1. The first kappa shape index (κ1) is 19.0. The van der Waals surface area contributed by atoms with Gasteiger partial charge in [-0.15, -0.1) is 0 Å². The van der Waals surface area contributed by atoms with Crippen LogP contribution in [0.15, 0.2) is 36.4 Å². The Morgan fingerprint density at radius 1 is 1.21 bits per heavy atom. The number of aryl methyl sites for hydroxylation is 2. The first-order valence-corrected chi connectivity index (χ1v) is 10.9. The van der Waals surface area contributed by atoms with E-state index in [0.717, 1.165) is 49.0 Å². The predicted molar refractivity (Wildman–Crippen MR) is 114 cm³/mol. The lowest BCUT2D eigenvalue weighted by Gasteiger charge is -2.34. The molecule has 0 bridgehead atoms. The Balaban J connectivity index is 1.44. The minimum atomic E-state index is -0.344. The van der Waals surface area contributed by atoms with E-state index in [1.54, 1.807) is 0 Å². The number of nitrogens with zero attached hydrogens (tertiary/aromatic N) is 2. The molecule has 2 aromatic carbocycles. The van der Waals surface area contributed by atoms with Crippen LogP contribution in [0.3, 0.4) is 0 Å². The minimum absolute atomic E-state index is 0.262. The number of halogens is 1. The number of phenolic OH excluding ortho intramolecular Hbond substituents is 1. The lowest BCUT2D eigenvalue weighted by Crippen LogP contribution is -2.49. The van der Waals surface area contributed by atoms with E-state index < -0.39 is 0 Å². The minimum Gasteiger partial charge on any atom is -0.507 e. The van der Waals surface area contributed by atoms with Gasteiger partial charge >= 0.3 is 0 Å². The van der Waals surface area contributed by atoms with Gasteiger partial charge in [0, 0.05) is 30.1 Å². The molecule has 2 aromatic rings. The maximum Gasteiger partial charge on any atom is 0.243 e. The molecule has 4 nitrogen and oxygen atoms in total. The van der Waals surface area contributed by atoms with Crippen molar-refractivity contribution >= 4 is 17.5 Å². The van der Waals surface area contributed by atoms with Gasteiger partial charge < -0.3 is 10.0 Å². The Bertz CT molecular complexity index is 968. The van der Waals surface area contributed by atoms with Gasteiger partial charge in [0.25, 0.3) is 0 Å². The molecule has 3 atom stereocenters. The van der Waals surface area contributed by atoms with Gasteiger partial charge in [-0.25, -0.2) is 0 Å². The summed E-state index contributed by atoms with van der Waals surface area (Å²) < 4.78 is 0. The highest BCUT2D eigenvalue weighted by atomic mass is 35.5. The van der Waals surface area contributed by atoms with Gasteiger partial charge in [0.05, 0.1) is 0 Å². The summed E-state index contributed by atoms with van der Waals surface area (Å²) in [6.45, 7) is 6.33. The molecule has 29 heavy (non-hydrogen) atoms. The van der Waals surface area contributed by atoms with Crippen molar-refractivity contribution in [3.8, 4) is 5.75 Å². The maximum absolute atomic E-state index is 13.7. The van der Waals surface area contributed by atoms with Crippen LogP contribution in [0.25, 0.3) is 0 Å². The maximum atomic E-state index is 13.7. The molecule has 3 aliphatic heterocycles. The molecule has 0 aliphatic carbocycles. The number of phenols is 1. The Hall–Kier alpha value is -2.04. The summed E-state index contributed by atoms with van der Waals surface area (Å²) in [5, 5.41) is 10.9. The zero-order valence-electron chi connectivity index (χ0n) is 17.0. The zero-order chi connectivity index (χ0) is 20.3. The molecule has 1 spiro atoms. The summed E-state index contributed by atoms with van der Waals surface area (Å²) in [7, 11) is 0. The largest absolute Gasteiger partial charge is 0.507 e. The second-order valence-electron chi connectivity index (χ2n) is 8.99. The molecule has 5 rings (SSSR count). The van der Waals surface area contributed by atoms with Crippen LogP contribution in [0.2, 0.25) is 5.02 Å². The standard InChI is InChI=1S/C24H27ClN2O2/c1-15-9-18(10-16(2)22(15)28)21-12-19-14-26(13-17-5-3-6-20(25)11-17)23(29)24(19)7-4-8-27(21)24/h3,5-6,9-11,19,21,28H,4,7-8,12-14H2,1-2H3/t19-,21-,24-/m0/s1. The summed E-state index contributed by atoms with van der Waals surface area (Å²) in [6.07, 6.45) is 3.02. The third-order valence-corrected chi connectivity index (χ3v) is 7.52. The van der Waals surface area contributed by atoms with Gasteiger partial charge in [-0.3, -0.25) is 9.69 Å². The number of rotatable bonds is 3. The Labute approximate surface area is 177 Å². The van der Waals surface area contributed by atoms with Gasteiger partial charge in [0.1, 0.15) is 11.3 Å². The molecular formula is C24H27ClN2O2. The number of hydrogen-bond acceptors (Lipinski definition) is 3. The highest BCUT2D eigenvalue weighted by molar-refractivity contribution is 6.30. The quantitative estimate of drug-likeness (QED) is 0.804. The third-order valence-electron chi connectivity index (χ3n) is 7.29. The van der Waals surface area contributed by atoms with Gasteiger partial charge in [0.15, 0.2) is 0 Å². The highest BCUT2D eigenvalue weighted by Gasteiger charge is 2.65. The average Bonchev–Trinajstić information content (AvgIpc) is 3.30. The van der Waals surface area contributed by atoms with Gasteiger partial charge in [-0.1, -0.05) is 35.9 Å². The second-order valence-corrected chi connectivity index (χ2v) is 9.42. The van der Waals surface area contributed by atoms with Crippen molar-refractivity contribution in [1.29, 1.82) is 0 Å². The molecule has 1 amide bonds. The number of hydrogen-bond donors (Lipinski definition) is 1. The van der Waals surface area contributed by atoms with E-state index in [1.165, 1.54) is 5.56 Å². The average molecular weight is 411 g/mol. The van der Waals surface area contributed by atoms with Crippen molar-refractivity contribution in [3.05, 3.63) is 63.7 Å². The monoisotopic (exact) mass is 410 g/mol. The van der Waals surface area contributed by atoms with E-state index in [4.69, 9.17) is 11.6 Å². The van der Waals surface area contributed by atoms with Crippen molar-refractivity contribution in [2.75, 3.05) is 13.1 Å². The highest BCUT2D eigenvalue weighted by Crippen LogP contribution is 2.56. The molecule has 0 unspecified atom stereocenters. The first-order valence-electron chi connectivity index (χ1n) is 10.5. The van der Waals surface area contributed by atoms with Crippen LogP contribution in [-0.4, -0.2) is 39.4 Å². The summed E-state index contributed by atoms with van der Waals surface area (Å²) in [4.78, 5) is 18.2. The van der Waals surface area contributed by atoms with Crippen LogP contribution in [0, 0.1) is 19.8 Å². The SMILES string of the molecule is Cc1cc([C@@H]2C[C@H]3CN(Cc4cccc(Cl)c4)C(=O)[C@]34CCCN24)cc(C)c1O. The van der Waals surface area contributed by atoms with E-state index in [9.17, 15) is 9.90 Å². The third kappa shape index (κ3) is 2.80. The lowest BCUT2D eigenvalue weighted by molar-refractivity contribution is -0.137. The summed E-state index contributed by atoms with van der Waals surface area (Å²) in [6, 6.07) is 12.3. The molecule has 3 aliphatic rings. The molecule has 0 aromatic heterocycles. The molecule has 0 radical (unpaired) electrons.